The third kappa shape index (κ3) is 5.19. The van der Waals surface area contributed by atoms with Crippen LogP contribution in [0.1, 0.15) is 24.4 Å². The second kappa shape index (κ2) is 11.5. The lowest BCUT2D eigenvalue weighted by Crippen LogP contribution is -2.47. The number of aliphatic hydroxyl groups excluding tert-OH is 1. The minimum atomic E-state index is -0.216. The number of aliphatic hydroxyl groups is 1. The highest BCUT2D eigenvalue weighted by Gasteiger charge is 2.28. The molecular weight excluding hydrogens is 531 g/mol. The Morgan fingerprint density at radius 3 is 2.43 bits per heavy atom. The monoisotopic (exact) mass is 564 g/mol. The van der Waals surface area contributed by atoms with E-state index in [9.17, 15) is 9.50 Å². The molecule has 2 saturated heterocycles. The molecule has 0 unspecified atom stereocenters. The molecule has 2 aliphatic heterocycles. The van der Waals surface area contributed by atoms with Gasteiger partial charge in [0.2, 0.25) is 0 Å². The van der Waals surface area contributed by atoms with Gasteiger partial charge in [-0.3, -0.25) is 4.90 Å². The summed E-state index contributed by atoms with van der Waals surface area (Å²) in [5.41, 5.74) is 4.86. The van der Waals surface area contributed by atoms with E-state index in [1.807, 2.05) is 65.3 Å². The van der Waals surface area contributed by atoms with Gasteiger partial charge in [0.05, 0.1) is 35.9 Å². The van der Waals surface area contributed by atoms with Crippen molar-refractivity contribution in [1.29, 1.82) is 0 Å². The molecule has 0 aliphatic carbocycles. The molecule has 2 fully saturated rings. The number of hydrogen-bond acceptors (Lipinski definition) is 8. The number of fused-ring (bicyclic) bond motifs is 1. The van der Waals surface area contributed by atoms with Gasteiger partial charge in [0.25, 0.3) is 0 Å². The summed E-state index contributed by atoms with van der Waals surface area (Å²) in [6.45, 7) is 5.31. The standard InChI is InChI=1S/C32H33FN8O/c33-24-6-1-5-23(21-24)28-10-4-14-40(28)32-13-12-30-34-22-29(41(30)37-32)27-9-2-7-25(35-27)26-8-3-11-31(36-26)39-17-15-38(16-18-39)19-20-42/h1-3,5-9,11-13,21-22,28,42H,4,10,14-20H2/t28-/m1/s1. The summed E-state index contributed by atoms with van der Waals surface area (Å²) in [4.78, 5) is 21.3. The zero-order valence-corrected chi connectivity index (χ0v) is 23.3. The molecule has 10 heteroatoms. The van der Waals surface area contributed by atoms with Gasteiger partial charge in [0.15, 0.2) is 5.65 Å². The van der Waals surface area contributed by atoms with Gasteiger partial charge >= 0.3 is 0 Å². The first kappa shape index (κ1) is 26.5. The lowest BCUT2D eigenvalue weighted by Gasteiger charge is -2.35. The van der Waals surface area contributed by atoms with E-state index in [1.54, 1.807) is 12.1 Å². The van der Waals surface area contributed by atoms with Crippen LogP contribution in [0.5, 0.6) is 0 Å². The molecule has 214 valence electrons. The average Bonchev–Trinajstić information content (AvgIpc) is 3.69. The highest BCUT2D eigenvalue weighted by molar-refractivity contribution is 5.65. The molecule has 1 N–H and O–H groups in total. The van der Waals surface area contributed by atoms with E-state index in [2.05, 4.69) is 19.7 Å². The van der Waals surface area contributed by atoms with Crippen molar-refractivity contribution in [1.82, 2.24) is 29.5 Å². The van der Waals surface area contributed by atoms with E-state index < -0.39 is 0 Å². The number of imidazole rings is 1. The predicted octanol–water partition coefficient (Wildman–Crippen LogP) is 4.45. The van der Waals surface area contributed by atoms with Crippen molar-refractivity contribution in [3.8, 4) is 22.8 Å². The Morgan fingerprint density at radius 2 is 1.60 bits per heavy atom. The number of benzene rings is 1. The Morgan fingerprint density at radius 1 is 0.810 bits per heavy atom. The van der Waals surface area contributed by atoms with E-state index in [4.69, 9.17) is 15.1 Å². The predicted molar refractivity (Wildman–Crippen MR) is 161 cm³/mol. The number of pyridine rings is 2. The Hall–Kier alpha value is -4.41. The zero-order chi connectivity index (χ0) is 28.5. The van der Waals surface area contributed by atoms with Crippen molar-refractivity contribution in [2.24, 2.45) is 0 Å². The van der Waals surface area contributed by atoms with E-state index in [1.165, 1.54) is 6.07 Å². The molecule has 7 rings (SSSR count). The van der Waals surface area contributed by atoms with Gasteiger partial charge in [-0.1, -0.05) is 24.3 Å². The number of hydrogen-bond donors (Lipinski definition) is 1. The number of β-amino-alcohol motifs (C(OH)–C–C–N with tert-alkyl or cyclic N) is 1. The third-order valence-electron chi connectivity index (χ3n) is 8.25. The summed E-state index contributed by atoms with van der Waals surface area (Å²) >= 11 is 0. The molecule has 6 heterocycles. The van der Waals surface area contributed by atoms with Crippen molar-refractivity contribution in [3.05, 3.63) is 90.4 Å². The summed E-state index contributed by atoms with van der Waals surface area (Å²) in [6.07, 6.45) is 3.78. The van der Waals surface area contributed by atoms with Crippen molar-refractivity contribution in [2.45, 2.75) is 18.9 Å². The maximum Gasteiger partial charge on any atom is 0.154 e. The lowest BCUT2D eigenvalue weighted by molar-refractivity contribution is 0.188. The number of rotatable bonds is 7. The first-order valence-corrected chi connectivity index (χ1v) is 14.6. The van der Waals surface area contributed by atoms with Crippen molar-refractivity contribution in [2.75, 3.05) is 55.7 Å². The van der Waals surface area contributed by atoms with Crippen LogP contribution in [0.25, 0.3) is 28.4 Å². The lowest BCUT2D eigenvalue weighted by atomic mass is 10.0. The number of aromatic nitrogens is 5. The van der Waals surface area contributed by atoms with Gasteiger partial charge in [-0.25, -0.2) is 23.9 Å². The first-order chi connectivity index (χ1) is 20.7. The maximum absolute atomic E-state index is 14.0. The van der Waals surface area contributed by atoms with E-state index >= 15 is 0 Å². The quantitative estimate of drug-likeness (QED) is 0.311. The molecule has 2 aliphatic rings. The Labute approximate surface area is 243 Å². The van der Waals surface area contributed by atoms with E-state index in [-0.39, 0.29) is 18.5 Å². The van der Waals surface area contributed by atoms with Crippen LogP contribution >= 0.6 is 0 Å². The number of halogens is 1. The number of anilines is 2. The van der Waals surface area contributed by atoms with Crippen LogP contribution in [-0.4, -0.2) is 80.4 Å². The highest BCUT2D eigenvalue weighted by atomic mass is 19.1. The molecule has 4 aromatic heterocycles. The van der Waals surface area contributed by atoms with Crippen LogP contribution in [0.4, 0.5) is 16.0 Å². The molecule has 42 heavy (non-hydrogen) atoms. The summed E-state index contributed by atoms with van der Waals surface area (Å²) in [6, 6.07) is 22.9. The highest BCUT2D eigenvalue weighted by Crippen LogP contribution is 2.36. The molecule has 9 nitrogen and oxygen atoms in total. The van der Waals surface area contributed by atoms with Crippen molar-refractivity contribution < 1.29 is 9.50 Å². The Bertz CT molecular complexity index is 1700. The molecule has 0 bridgehead atoms. The first-order valence-electron chi connectivity index (χ1n) is 14.6. The fourth-order valence-corrected chi connectivity index (χ4v) is 6.10. The van der Waals surface area contributed by atoms with E-state index in [0.29, 0.717) is 6.54 Å². The zero-order valence-electron chi connectivity index (χ0n) is 23.3. The van der Waals surface area contributed by atoms with Crippen molar-refractivity contribution in [3.63, 3.8) is 0 Å². The van der Waals surface area contributed by atoms with Gasteiger partial charge in [-0.05, 0) is 66.9 Å². The summed E-state index contributed by atoms with van der Waals surface area (Å²) in [5.74, 6) is 1.55. The van der Waals surface area contributed by atoms with Gasteiger partial charge in [-0.2, -0.15) is 0 Å². The second-order valence-corrected chi connectivity index (χ2v) is 10.9. The van der Waals surface area contributed by atoms with Crippen LogP contribution in [0.15, 0.2) is 79.0 Å². The minimum Gasteiger partial charge on any atom is -0.395 e. The largest absolute Gasteiger partial charge is 0.395 e. The molecule has 0 radical (unpaired) electrons. The fourth-order valence-electron chi connectivity index (χ4n) is 6.10. The molecule has 1 atom stereocenters. The SMILES string of the molecule is OCCN1CCN(c2cccc(-c3cccc(-c4cnc5ccc(N6CCC[C@@H]6c6cccc(F)c6)nn45)n3)n2)CC1. The summed E-state index contributed by atoms with van der Waals surface area (Å²) in [7, 11) is 0. The fraction of sp³-hybridized carbons (Fsp3) is 0.312. The number of nitrogens with zero attached hydrogens (tertiary/aromatic N) is 8. The van der Waals surface area contributed by atoms with Crippen LogP contribution in [-0.2, 0) is 0 Å². The molecule has 0 amide bonds. The molecule has 0 saturated carbocycles. The summed E-state index contributed by atoms with van der Waals surface area (Å²) < 4.78 is 15.8. The van der Waals surface area contributed by atoms with Gasteiger partial charge in [0.1, 0.15) is 23.1 Å². The molecular formula is C32H33FN8O. The van der Waals surface area contributed by atoms with Crippen LogP contribution in [0.2, 0.25) is 0 Å². The van der Waals surface area contributed by atoms with Gasteiger partial charge < -0.3 is 14.9 Å². The normalized spacial score (nSPS) is 17.8. The minimum absolute atomic E-state index is 0.0788. The van der Waals surface area contributed by atoms with Crippen molar-refractivity contribution >= 4 is 17.3 Å². The third-order valence-corrected chi connectivity index (χ3v) is 8.25. The maximum atomic E-state index is 14.0. The second-order valence-electron chi connectivity index (χ2n) is 10.9. The Balaban J connectivity index is 1.17. The van der Waals surface area contributed by atoms with Gasteiger partial charge in [0, 0.05) is 39.3 Å². The number of piperazine rings is 1. The van der Waals surface area contributed by atoms with Gasteiger partial charge in [-0.15, -0.1) is 5.10 Å². The summed E-state index contributed by atoms with van der Waals surface area (Å²) in [5, 5.41) is 14.2. The van der Waals surface area contributed by atoms with Crippen LogP contribution < -0.4 is 9.80 Å². The molecule has 0 spiro atoms. The Kier molecular flexibility index (Phi) is 7.23. The average molecular weight is 565 g/mol. The smallest absolute Gasteiger partial charge is 0.154 e. The van der Waals surface area contributed by atoms with E-state index in [0.717, 1.165) is 91.2 Å². The molecule has 5 aromatic rings. The topological polar surface area (TPSA) is 85.9 Å². The molecule has 1 aromatic carbocycles. The van der Waals surface area contributed by atoms with Crippen LogP contribution in [0.3, 0.4) is 0 Å². The van der Waals surface area contributed by atoms with Crippen LogP contribution in [0, 0.1) is 5.82 Å².